The third kappa shape index (κ3) is 5.65. The van der Waals surface area contributed by atoms with Gasteiger partial charge in [-0.1, -0.05) is 22.9 Å². The molecule has 0 fully saturated rings. The molecule has 118 valence electrons. The highest BCUT2D eigenvalue weighted by Crippen LogP contribution is 2.29. The van der Waals surface area contributed by atoms with E-state index in [4.69, 9.17) is 14.6 Å². The van der Waals surface area contributed by atoms with Crippen LogP contribution in [-0.4, -0.2) is 37.4 Å². The van der Waals surface area contributed by atoms with Gasteiger partial charge in [-0.3, -0.25) is 0 Å². The highest BCUT2D eigenvalue weighted by molar-refractivity contribution is 9.10. The lowest BCUT2D eigenvalue weighted by Gasteiger charge is -2.19. The number of nitrogens with one attached hydrogen (secondary N) is 1. The van der Waals surface area contributed by atoms with Gasteiger partial charge in [0.2, 0.25) is 0 Å². The van der Waals surface area contributed by atoms with Gasteiger partial charge in [0, 0.05) is 30.2 Å². The number of aryl methyl sites for hydroxylation is 1. The lowest BCUT2D eigenvalue weighted by Crippen LogP contribution is -2.27. The van der Waals surface area contributed by atoms with Gasteiger partial charge in [0.1, 0.15) is 5.75 Å². The van der Waals surface area contributed by atoms with E-state index < -0.39 is 12.1 Å². The number of halogens is 1. The molecule has 0 saturated carbocycles. The van der Waals surface area contributed by atoms with E-state index in [9.17, 15) is 4.79 Å². The molecule has 1 unspecified atom stereocenters. The smallest absolute Gasteiger partial charge is 0.344 e. The zero-order valence-corrected chi connectivity index (χ0v) is 14.2. The van der Waals surface area contributed by atoms with Gasteiger partial charge in [0.15, 0.2) is 6.10 Å². The molecule has 21 heavy (non-hydrogen) atoms. The third-order valence-electron chi connectivity index (χ3n) is 3.02. The minimum atomic E-state index is -0.946. The number of carboxylic acid groups (broad SMARTS) is 1. The predicted molar refractivity (Wildman–Crippen MR) is 84.8 cm³/mol. The number of carbonyl (C=O) groups is 1. The van der Waals surface area contributed by atoms with Crippen molar-refractivity contribution in [1.82, 2.24) is 5.32 Å². The zero-order valence-electron chi connectivity index (χ0n) is 12.6. The summed E-state index contributed by atoms with van der Waals surface area (Å²) >= 11 is 3.46. The molecule has 6 heteroatoms. The van der Waals surface area contributed by atoms with E-state index in [0.29, 0.717) is 25.3 Å². The highest BCUT2D eigenvalue weighted by Gasteiger charge is 2.20. The maximum absolute atomic E-state index is 11.2. The van der Waals surface area contributed by atoms with Gasteiger partial charge in [0.05, 0.1) is 6.61 Å². The summed E-state index contributed by atoms with van der Waals surface area (Å²) in [5, 5.41) is 12.4. The molecule has 1 atom stereocenters. The Hall–Kier alpha value is -1.11. The molecule has 0 aliphatic carbocycles. The van der Waals surface area contributed by atoms with Crippen molar-refractivity contribution in [3.05, 3.63) is 27.7 Å². The van der Waals surface area contributed by atoms with Crippen molar-refractivity contribution in [2.45, 2.75) is 32.9 Å². The average Bonchev–Trinajstić information content (AvgIpc) is 2.42. The Morgan fingerprint density at radius 1 is 1.48 bits per heavy atom. The fraction of sp³-hybridized carbons (Fsp3) is 0.533. The number of benzene rings is 1. The number of aliphatic carboxylic acids is 1. The average molecular weight is 360 g/mol. The highest BCUT2D eigenvalue weighted by atomic mass is 79.9. The molecule has 1 rings (SSSR count). The first-order valence-electron chi connectivity index (χ1n) is 6.87. The van der Waals surface area contributed by atoms with Crippen LogP contribution in [0.5, 0.6) is 5.75 Å². The first-order chi connectivity index (χ1) is 9.99. The summed E-state index contributed by atoms with van der Waals surface area (Å²) in [4.78, 5) is 11.2. The van der Waals surface area contributed by atoms with Gasteiger partial charge < -0.3 is 19.9 Å². The van der Waals surface area contributed by atoms with E-state index in [0.717, 1.165) is 22.1 Å². The SMILES string of the molecule is CCC(Oc1c(C)cc(Br)cc1CNCCOC)C(=O)O. The number of ether oxygens (including phenoxy) is 2. The number of carboxylic acids is 1. The van der Waals surface area contributed by atoms with Gasteiger partial charge in [0.25, 0.3) is 0 Å². The van der Waals surface area contributed by atoms with E-state index >= 15 is 0 Å². The largest absolute Gasteiger partial charge is 0.479 e. The summed E-state index contributed by atoms with van der Waals surface area (Å²) in [6, 6.07) is 3.86. The predicted octanol–water partition coefficient (Wildman–Crippen LogP) is 2.74. The lowest BCUT2D eigenvalue weighted by atomic mass is 10.1. The summed E-state index contributed by atoms with van der Waals surface area (Å²) in [5.74, 6) is -0.310. The van der Waals surface area contributed by atoms with E-state index in [-0.39, 0.29) is 0 Å². The Morgan fingerprint density at radius 3 is 2.76 bits per heavy atom. The van der Waals surface area contributed by atoms with Crippen LogP contribution in [0, 0.1) is 6.92 Å². The standard InChI is InChI=1S/C15H22BrNO4/c1-4-13(15(18)19)21-14-10(2)7-12(16)8-11(14)9-17-5-6-20-3/h7-8,13,17H,4-6,9H2,1-3H3,(H,18,19). The molecule has 1 aromatic carbocycles. The van der Waals surface area contributed by atoms with Crippen LogP contribution >= 0.6 is 15.9 Å². The van der Waals surface area contributed by atoms with Crippen molar-refractivity contribution >= 4 is 21.9 Å². The minimum absolute atomic E-state index is 0.418. The first-order valence-corrected chi connectivity index (χ1v) is 7.67. The second-order valence-electron chi connectivity index (χ2n) is 4.73. The van der Waals surface area contributed by atoms with Crippen molar-refractivity contribution in [2.24, 2.45) is 0 Å². The summed E-state index contributed by atoms with van der Waals surface area (Å²) < 4.78 is 11.6. The second kappa shape index (κ2) is 9.02. The molecule has 0 aliphatic rings. The van der Waals surface area contributed by atoms with Crippen molar-refractivity contribution < 1.29 is 19.4 Å². The maximum atomic E-state index is 11.2. The Kier molecular flexibility index (Phi) is 7.71. The van der Waals surface area contributed by atoms with Gasteiger partial charge in [-0.2, -0.15) is 0 Å². The molecular formula is C15H22BrNO4. The molecule has 0 spiro atoms. The van der Waals surface area contributed by atoms with Crippen molar-refractivity contribution in [3.8, 4) is 5.75 Å². The third-order valence-corrected chi connectivity index (χ3v) is 3.48. The number of rotatable bonds is 9. The van der Waals surface area contributed by atoms with Crippen LogP contribution in [-0.2, 0) is 16.1 Å². The fourth-order valence-electron chi connectivity index (χ4n) is 1.95. The molecule has 5 nitrogen and oxygen atoms in total. The molecule has 1 aromatic rings. The molecule has 2 N–H and O–H groups in total. The molecule has 0 heterocycles. The lowest BCUT2D eigenvalue weighted by molar-refractivity contribution is -0.145. The summed E-state index contributed by atoms with van der Waals surface area (Å²) in [6.45, 7) is 5.64. The van der Waals surface area contributed by atoms with E-state index in [1.807, 2.05) is 19.1 Å². The molecule has 0 saturated heterocycles. The molecule has 0 radical (unpaired) electrons. The topological polar surface area (TPSA) is 67.8 Å². The van der Waals surface area contributed by atoms with Gasteiger partial charge in [-0.25, -0.2) is 4.79 Å². The number of hydrogen-bond acceptors (Lipinski definition) is 4. The van der Waals surface area contributed by atoms with Gasteiger partial charge in [-0.05, 0) is 31.0 Å². The minimum Gasteiger partial charge on any atom is -0.479 e. The van der Waals surface area contributed by atoms with Crippen LogP contribution in [0.3, 0.4) is 0 Å². The van der Waals surface area contributed by atoms with Crippen LogP contribution in [0.25, 0.3) is 0 Å². The van der Waals surface area contributed by atoms with Crippen LogP contribution in [0.4, 0.5) is 0 Å². The van der Waals surface area contributed by atoms with E-state index in [1.54, 1.807) is 14.0 Å². The Bertz CT molecular complexity index is 479. The molecule has 0 amide bonds. The van der Waals surface area contributed by atoms with Crippen molar-refractivity contribution in [2.75, 3.05) is 20.3 Å². The van der Waals surface area contributed by atoms with Gasteiger partial charge >= 0.3 is 5.97 Å². The van der Waals surface area contributed by atoms with Crippen LogP contribution in [0.1, 0.15) is 24.5 Å². The first kappa shape index (κ1) is 17.9. The fourth-order valence-corrected chi connectivity index (χ4v) is 2.57. The zero-order chi connectivity index (χ0) is 15.8. The maximum Gasteiger partial charge on any atom is 0.344 e. The number of methoxy groups -OCH3 is 1. The second-order valence-corrected chi connectivity index (χ2v) is 5.65. The van der Waals surface area contributed by atoms with Gasteiger partial charge in [-0.15, -0.1) is 0 Å². The molecule has 0 bridgehead atoms. The van der Waals surface area contributed by atoms with E-state index in [2.05, 4.69) is 21.2 Å². The summed E-state index contributed by atoms with van der Waals surface area (Å²) in [7, 11) is 1.65. The Labute approximate surface area is 133 Å². The Balaban J connectivity index is 2.91. The van der Waals surface area contributed by atoms with E-state index in [1.165, 1.54) is 0 Å². The normalized spacial score (nSPS) is 12.2. The Morgan fingerprint density at radius 2 is 2.19 bits per heavy atom. The monoisotopic (exact) mass is 359 g/mol. The number of hydrogen-bond donors (Lipinski definition) is 2. The molecule has 0 aromatic heterocycles. The van der Waals surface area contributed by atoms with Crippen LogP contribution in [0.15, 0.2) is 16.6 Å². The quantitative estimate of drug-likeness (QED) is 0.663. The molecule has 0 aliphatic heterocycles. The van der Waals surface area contributed by atoms with Crippen LogP contribution < -0.4 is 10.1 Å². The van der Waals surface area contributed by atoms with Crippen molar-refractivity contribution in [3.63, 3.8) is 0 Å². The van der Waals surface area contributed by atoms with Crippen LogP contribution in [0.2, 0.25) is 0 Å². The molecular weight excluding hydrogens is 338 g/mol. The summed E-state index contributed by atoms with van der Waals surface area (Å²) in [5.41, 5.74) is 1.84. The summed E-state index contributed by atoms with van der Waals surface area (Å²) in [6.07, 6.45) is -0.413. The van der Waals surface area contributed by atoms with Crippen molar-refractivity contribution in [1.29, 1.82) is 0 Å².